The number of carbonyl (C=O) groups is 1. The summed E-state index contributed by atoms with van der Waals surface area (Å²) in [7, 11) is -1.39. The van der Waals surface area contributed by atoms with E-state index < -0.39 is 22.1 Å². The number of aromatic nitrogens is 1. The van der Waals surface area contributed by atoms with Crippen LogP contribution in [0.15, 0.2) is 105 Å². The van der Waals surface area contributed by atoms with Crippen molar-refractivity contribution < 1.29 is 26.9 Å². The highest BCUT2D eigenvalue weighted by Gasteiger charge is 2.33. The van der Waals surface area contributed by atoms with Gasteiger partial charge in [0.1, 0.15) is 4.90 Å². The molecule has 1 unspecified atom stereocenters. The van der Waals surface area contributed by atoms with E-state index >= 15 is 0 Å². The predicted octanol–water partition coefficient (Wildman–Crippen LogP) is 3.18. The molecule has 9 nitrogen and oxygen atoms in total. The molecule has 1 atom stereocenters. The molecule has 0 saturated carbocycles. The van der Waals surface area contributed by atoms with Crippen molar-refractivity contribution in [3.05, 3.63) is 121 Å². The average molecular weight is 577 g/mol. The first kappa shape index (κ1) is 27.1. The number of carbonyl (C=O) groups excluding carboxylic acids is 1. The van der Waals surface area contributed by atoms with Gasteiger partial charge in [-0.1, -0.05) is 65.9 Å². The number of allylic oxidation sites excluding steroid dienone is 1. The van der Waals surface area contributed by atoms with Crippen LogP contribution in [-0.4, -0.2) is 33.2 Å². The number of rotatable bonds is 7. The number of ether oxygens (including phenoxy) is 2. The molecule has 3 aromatic carbocycles. The Morgan fingerprint density at radius 1 is 0.975 bits per heavy atom. The summed E-state index contributed by atoms with van der Waals surface area (Å²) in [5.74, 6) is -0.380. The van der Waals surface area contributed by atoms with Gasteiger partial charge in [0.05, 0.1) is 36.1 Å². The van der Waals surface area contributed by atoms with Crippen LogP contribution >= 0.6 is 11.3 Å². The highest BCUT2D eigenvalue weighted by molar-refractivity contribution is 7.87. The summed E-state index contributed by atoms with van der Waals surface area (Å²) in [5, 5.41) is 0. The van der Waals surface area contributed by atoms with Crippen LogP contribution in [0.2, 0.25) is 0 Å². The molecule has 1 aromatic heterocycles. The Morgan fingerprint density at radius 3 is 2.30 bits per heavy atom. The van der Waals surface area contributed by atoms with Crippen LogP contribution in [0.25, 0.3) is 6.08 Å². The Morgan fingerprint density at radius 2 is 1.65 bits per heavy atom. The molecule has 204 valence electrons. The van der Waals surface area contributed by atoms with Crippen LogP contribution in [0, 0.1) is 0 Å². The molecule has 4 aromatic rings. The fourth-order valence-electron chi connectivity index (χ4n) is 4.39. The van der Waals surface area contributed by atoms with Crippen molar-refractivity contribution in [3.8, 4) is 11.5 Å². The highest BCUT2D eigenvalue weighted by Crippen LogP contribution is 2.32. The molecule has 11 heteroatoms. The Kier molecular flexibility index (Phi) is 7.42. The highest BCUT2D eigenvalue weighted by atomic mass is 32.2. The molecule has 2 heterocycles. The molecular weight excluding hydrogens is 552 g/mol. The van der Waals surface area contributed by atoms with Gasteiger partial charge in [-0.25, -0.2) is 9.79 Å². The smallest absolute Gasteiger partial charge is 0.339 e. The molecule has 0 saturated heterocycles. The Hall–Kier alpha value is -4.48. The second-order valence-electron chi connectivity index (χ2n) is 8.74. The topological polar surface area (TPSA) is 113 Å². The third-order valence-electron chi connectivity index (χ3n) is 6.26. The van der Waals surface area contributed by atoms with Crippen molar-refractivity contribution in [2.24, 2.45) is 4.99 Å². The minimum absolute atomic E-state index is 0.00684. The van der Waals surface area contributed by atoms with E-state index in [4.69, 9.17) is 13.7 Å². The second-order valence-corrected chi connectivity index (χ2v) is 11.3. The minimum atomic E-state index is -4.08. The van der Waals surface area contributed by atoms with E-state index in [-0.39, 0.29) is 27.5 Å². The van der Waals surface area contributed by atoms with E-state index in [1.54, 1.807) is 43.3 Å². The fraction of sp³-hybridized carbons (Fsp3) is 0.138. The number of hydrogen-bond donors (Lipinski definition) is 0. The summed E-state index contributed by atoms with van der Waals surface area (Å²) in [5.41, 5.74) is 1.74. The normalized spacial score (nSPS) is 15.3. The maximum Gasteiger partial charge on any atom is 0.339 e. The molecular formula is C29H24N2O7S2. The van der Waals surface area contributed by atoms with Gasteiger partial charge in [0.2, 0.25) is 0 Å². The zero-order valence-corrected chi connectivity index (χ0v) is 23.4. The van der Waals surface area contributed by atoms with Gasteiger partial charge in [0.15, 0.2) is 16.3 Å². The standard InChI is InChI=1S/C29H24N2O7S2/c1-18-25(28(33)37-3)26(20-10-6-4-7-11-20)31-27(32)24(39-29(31)30-18)17-19-14-15-22(23(16-19)36-2)38-40(34,35)21-12-8-5-9-13-21/h4-17,26H,1-3H3. The summed E-state index contributed by atoms with van der Waals surface area (Å²) in [6, 6.07) is 21.0. The number of fused-ring (bicyclic) bond motifs is 1. The second kappa shape index (κ2) is 10.9. The summed E-state index contributed by atoms with van der Waals surface area (Å²) in [6.07, 6.45) is 1.65. The predicted molar refractivity (Wildman–Crippen MR) is 149 cm³/mol. The first-order valence-corrected chi connectivity index (χ1v) is 14.3. The molecule has 40 heavy (non-hydrogen) atoms. The number of nitrogens with zero attached hydrogens (tertiary/aromatic N) is 2. The summed E-state index contributed by atoms with van der Waals surface area (Å²) >= 11 is 1.18. The van der Waals surface area contributed by atoms with E-state index in [1.165, 1.54) is 48.3 Å². The van der Waals surface area contributed by atoms with Crippen molar-refractivity contribution in [3.63, 3.8) is 0 Å². The first-order chi connectivity index (χ1) is 19.2. The Bertz CT molecular complexity index is 1910. The molecule has 0 N–H and O–H groups in total. The van der Waals surface area contributed by atoms with Crippen molar-refractivity contribution in [2.75, 3.05) is 14.2 Å². The third-order valence-corrected chi connectivity index (χ3v) is 8.49. The van der Waals surface area contributed by atoms with E-state index in [0.29, 0.717) is 20.6 Å². The lowest BCUT2D eigenvalue weighted by molar-refractivity contribution is -0.136. The van der Waals surface area contributed by atoms with Gasteiger partial charge < -0.3 is 13.7 Å². The summed E-state index contributed by atoms with van der Waals surface area (Å²) in [6.45, 7) is 1.71. The lowest BCUT2D eigenvalue weighted by Gasteiger charge is -2.24. The van der Waals surface area contributed by atoms with Crippen molar-refractivity contribution in [1.82, 2.24) is 4.57 Å². The zero-order chi connectivity index (χ0) is 28.4. The number of thiazole rings is 1. The molecule has 0 fully saturated rings. The van der Waals surface area contributed by atoms with E-state index in [2.05, 4.69) is 4.99 Å². The average Bonchev–Trinajstić information content (AvgIpc) is 3.27. The molecule has 0 spiro atoms. The fourth-order valence-corrected chi connectivity index (χ4v) is 6.40. The SMILES string of the molecule is COC(=O)C1=C(C)N=c2sc(=Cc3ccc(OS(=O)(=O)c4ccccc4)c(OC)c3)c(=O)n2C1c1ccccc1. The minimum Gasteiger partial charge on any atom is -0.493 e. The van der Waals surface area contributed by atoms with Crippen molar-refractivity contribution in [1.29, 1.82) is 0 Å². The zero-order valence-electron chi connectivity index (χ0n) is 21.7. The Balaban J connectivity index is 1.58. The van der Waals surface area contributed by atoms with Gasteiger partial charge in [-0.15, -0.1) is 0 Å². The van der Waals surface area contributed by atoms with Crippen LogP contribution in [0.3, 0.4) is 0 Å². The molecule has 0 aliphatic carbocycles. The number of esters is 1. The maximum absolute atomic E-state index is 13.7. The quantitative estimate of drug-likeness (QED) is 0.245. The summed E-state index contributed by atoms with van der Waals surface area (Å²) in [4.78, 5) is 31.4. The van der Waals surface area contributed by atoms with Crippen LogP contribution in [-0.2, 0) is 19.6 Å². The van der Waals surface area contributed by atoms with Crippen molar-refractivity contribution >= 4 is 33.5 Å². The molecule has 1 aliphatic rings. The summed E-state index contributed by atoms with van der Waals surface area (Å²) < 4.78 is 43.0. The molecule has 5 rings (SSSR count). The van der Waals surface area contributed by atoms with E-state index in [1.807, 2.05) is 30.3 Å². The number of methoxy groups -OCH3 is 2. The van der Waals surface area contributed by atoms with Gasteiger partial charge in [0.25, 0.3) is 5.56 Å². The molecule has 0 radical (unpaired) electrons. The molecule has 0 amide bonds. The van der Waals surface area contributed by atoms with Gasteiger partial charge in [-0.2, -0.15) is 8.42 Å². The van der Waals surface area contributed by atoms with E-state index in [0.717, 1.165) is 5.56 Å². The van der Waals surface area contributed by atoms with Crippen molar-refractivity contribution in [2.45, 2.75) is 17.9 Å². The van der Waals surface area contributed by atoms with Gasteiger partial charge >= 0.3 is 16.1 Å². The van der Waals surface area contributed by atoms with Gasteiger partial charge in [-0.05, 0) is 48.4 Å². The molecule has 0 bridgehead atoms. The number of benzene rings is 3. The Labute approximate surface area is 234 Å². The monoisotopic (exact) mass is 576 g/mol. The largest absolute Gasteiger partial charge is 0.493 e. The maximum atomic E-state index is 13.7. The molecule has 1 aliphatic heterocycles. The van der Waals surface area contributed by atoms with Gasteiger partial charge in [-0.3, -0.25) is 9.36 Å². The van der Waals surface area contributed by atoms with Gasteiger partial charge in [0, 0.05) is 0 Å². The van der Waals surface area contributed by atoms with Crippen LogP contribution < -0.4 is 23.8 Å². The first-order valence-electron chi connectivity index (χ1n) is 12.1. The third kappa shape index (κ3) is 5.08. The van der Waals surface area contributed by atoms with E-state index in [9.17, 15) is 18.0 Å². The lowest BCUT2D eigenvalue weighted by atomic mass is 9.96. The van der Waals surface area contributed by atoms with Crippen LogP contribution in [0.4, 0.5) is 0 Å². The van der Waals surface area contributed by atoms with Crippen LogP contribution in [0.5, 0.6) is 11.5 Å². The van der Waals surface area contributed by atoms with Crippen LogP contribution in [0.1, 0.15) is 24.1 Å². The number of hydrogen-bond acceptors (Lipinski definition) is 9. The lowest BCUT2D eigenvalue weighted by Crippen LogP contribution is -2.39.